The van der Waals surface area contributed by atoms with Gasteiger partial charge in [-0.05, 0) is 68.1 Å². The van der Waals surface area contributed by atoms with Gasteiger partial charge in [0.2, 0.25) is 0 Å². The number of rotatable bonds is 5. The molecule has 0 saturated heterocycles. The van der Waals surface area contributed by atoms with Gasteiger partial charge in [-0.1, -0.05) is 23.8 Å². The minimum Gasteiger partial charge on any atom is -0.508 e. The molecule has 2 N–H and O–H groups in total. The molecule has 124 valence electrons. The van der Waals surface area contributed by atoms with Crippen LogP contribution in [-0.4, -0.2) is 21.4 Å². The first-order chi connectivity index (χ1) is 11.5. The topological polar surface area (TPSA) is 62.2 Å². The van der Waals surface area contributed by atoms with Gasteiger partial charge in [-0.2, -0.15) is 4.37 Å². The first kappa shape index (κ1) is 16.5. The number of phenolic OH excluding ortho intramolecular Hbond substituents is 1. The van der Waals surface area contributed by atoms with Crippen molar-refractivity contribution in [3.05, 3.63) is 59.3 Å². The third kappa shape index (κ3) is 3.74. The fraction of sp³-hybridized carbons (Fsp3) is 0.263. The molecule has 24 heavy (non-hydrogen) atoms. The van der Waals surface area contributed by atoms with Crippen molar-refractivity contribution in [2.24, 2.45) is 0 Å². The van der Waals surface area contributed by atoms with E-state index in [2.05, 4.69) is 9.69 Å². The molecule has 5 heteroatoms. The van der Waals surface area contributed by atoms with Crippen molar-refractivity contribution in [1.82, 2.24) is 9.69 Å². The van der Waals surface area contributed by atoms with Crippen molar-refractivity contribution in [1.29, 1.82) is 0 Å². The van der Waals surface area contributed by atoms with Crippen molar-refractivity contribution >= 4 is 27.5 Å². The molecule has 1 unspecified atom stereocenters. The average molecular weight is 340 g/mol. The second-order valence-electron chi connectivity index (χ2n) is 6.11. The number of aromatic hydroxyl groups is 1. The highest BCUT2D eigenvalue weighted by atomic mass is 32.1. The molecule has 0 fully saturated rings. The highest BCUT2D eigenvalue weighted by molar-refractivity contribution is 7.13. The van der Waals surface area contributed by atoms with Crippen LogP contribution in [0.25, 0.3) is 10.1 Å². The van der Waals surface area contributed by atoms with Gasteiger partial charge in [0, 0.05) is 11.4 Å². The average Bonchev–Trinajstić information content (AvgIpc) is 2.97. The maximum Gasteiger partial charge on any atom is 0.271 e. The summed E-state index contributed by atoms with van der Waals surface area (Å²) < 4.78 is 5.35. The number of hydrogen-bond acceptors (Lipinski definition) is 4. The van der Waals surface area contributed by atoms with Gasteiger partial charge in [-0.15, -0.1) is 0 Å². The monoisotopic (exact) mass is 340 g/mol. The number of aromatic nitrogens is 1. The number of fused-ring (bicyclic) bond motifs is 1. The van der Waals surface area contributed by atoms with Crippen LogP contribution in [-0.2, 0) is 6.42 Å². The number of aryl methyl sites for hydroxylation is 2. The smallest absolute Gasteiger partial charge is 0.271 e. The third-order valence-electron chi connectivity index (χ3n) is 4.02. The maximum absolute atomic E-state index is 12.5. The quantitative estimate of drug-likeness (QED) is 0.736. The number of carbonyl (C=O) groups excluding carboxylic acids is 1. The van der Waals surface area contributed by atoms with Crippen LogP contribution in [0, 0.1) is 6.92 Å². The van der Waals surface area contributed by atoms with Crippen molar-refractivity contribution in [3.8, 4) is 5.75 Å². The normalized spacial score (nSPS) is 12.2. The van der Waals surface area contributed by atoms with Crippen LogP contribution in [0.2, 0.25) is 0 Å². The lowest BCUT2D eigenvalue weighted by atomic mass is 10.1. The van der Waals surface area contributed by atoms with Crippen LogP contribution in [0.3, 0.4) is 0 Å². The molecular formula is C19H20N2O2S. The van der Waals surface area contributed by atoms with Gasteiger partial charge in [-0.3, -0.25) is 4.79 Å². The van der Waals surface area contributed by atoms with E-state index >= 15 is 0 Å². The molecule has 1 atom stereocenters. The Morgan fingerprint density at radius 3 is 2.75 bits per heavy atom. The number of amides is 1. The lowest BCUT2D eigenvalue weighted by molar-refractivity contribution is 0.0936. The summed E-state index contributed by atoms with van der Waals surface area (Å²) in [7, 11) is 0. The largest absolute Gasteiger partial charge is 0.508 e. The highest BCUT2D eigenvalue weighted by Gasteiger charge is 2.16. The Bertz CT molecular complexity index is 855. The molecule has 0 radical (unpaired) electrons. The molecule has 4 nitrogen and oxygen atoms in total. The number of carbonyl (C=O) groups is 1. The van der Waals surface area contributed by atoms with E-state index < -0.39 is 0 Å². The fourth-order valence-corrected chi connectivity index (χ4v) is 3.38. The van der Waals surface area contributed by atoms with Crippen LogP contribution < -0.4 is 5.32 Å². The second kappa shape index (κ2) is 7.01. The van der Waals surface area contributed by atoms with Gasteiger partial charge in [0.1, 0.15) is 11.4 Å². The van der Waals surface area contributed by atoms with Crippen LogP contribution in [0.5, 0.6) is 5.75 Å². The molecule has 1 amide bonds. The molecule has 3 aromatic rings. The zero-order valence-corrected chi connectivity index (χ0v) is 14.6. The molecule has 0 bridgehead atoms. The third-order valence-corrected chi connectivity index (χ3v) is 4.85. The molecule has 0 aliphatic heterocycles. The van der Waals surface area contributed by atoms with E-state index in [-0.39, 0.29) is 17.7 Å². The van der Waals surface area contributed by atoms with E-state index in [4.69, 9.17) is 0 Å². The van der Waals surface area contributed by atoms with Crippen LogP contribution in [0.1, 0.15) is 35.0 Å². The summed E-state index contributed by atoms with van der Waals surface area (Å²) >= 11 is 1.36. The standard InChI is InChI=1S/C19H20N2O2S/c1-12-3-10-17-16(11-12)18(21-24-17)19(23)20-13(2)4-5-14-6-8-15(22)9-7-14/h3,6-11,13,22H,4-5H2,1-2H3,(H,20,23). The Balaban J connectivity index is 1.63. The summed E-state index contributed by atoms with van der Waals surface area (Å²) in [6.07, 6.45) is 1.68. The number of nitrogens with one attached hydrogen (secondary N) is 1. The molecule has 0 aliphatic carbocycles. The minimum atomic E-state index is -0.120. The van der Waals surface area contributed by atoms with Crippen molar-refractivity contribution in [2.45, 2.75) is 32.7 Å². The summed E-state index contributed by atoms with van der Waals surface area (Å²) in [5.41, 5.74) is 2.77. The predicted octanol–water partition coefficient (Wildman–Crippen LogP) is 4.06. The predicted molar refractivity (Wildman–Crippen MR) is 97.7 cm³/mol. The van der Waals surface area contributed by atoms with Crippen molar-refractivity contribution in [2.75, 3.05) is 0 Å². The van der Waals surface area contributed by atoms with Crippen LogP contribution in [0.4, 0.5) is 0 Å². The van der Waals surface area contributed by atoms with Gasteiger partial charge in [0.25, 0.3) is 5.91 Å². The SMILES string of the molecule is Cc1ccc2snc(C(=O)NC(C)CCc3ccc(O)cc3)c2c1. The van der Waals surface area contributed by atoms with E-state index in [0.29, 0.717) is 5.69 Å². The van der Waals surface area contributed by atoms with E-state index in [9.17, 15) is 9.90 Å². The number of benzene rings is 2. The lowest BCUT2D eigenvalue weighted by Crippen LogP contribution is -2.33. The fourth-order valence-electron chi connectivity index (χ4n) is 2.63. The van der Waals surface area contributed by atoms with Gasteiger partial charge >= 0.3 is 0 Å². The molecule has 1 heterocycles. The summed E-state index contributed by atoms with van der Waals surface area (Å²) in [4.78, 5) is 12.5. The van der Waals surface area contributed by atoms with Gasteiger partial charge in [-0.25, -0.2) is 0 Å². The molecular weight excluding hydrogens is 320 g/mol. The Kier molecular flexibility index (Phi) is 4.81. The van der Waals surface area contributed by atoms with Gasteiger partial charge < -0.3 is 10.4 Å². The van der Waals surface area contributed by atoms with E-state index in [1.54, 1.807) is 12.1 Å². The summed E-state index contributed by atoms with van der Waals surface area (Å²) in [5, 5.41) is 13.3. The lowest BCUT2D eigenvalue weighted by Gasteiger charge is -2.13. The van der Waals surface area contributed by atoms with E-state index in [1.807, 2.05) is 44.2 Å². The summed E-state index contributed by atoms with van der Waals surface area (Å²) in [6, 6.07) is 13.3. The van der Waals surface area contributed by atoms with Gasteiger partial charge in [0.15, 0.2) is 0 Å². The van der Waals surface area contributed by atoms with Gasteiger partial charge in [0.05, 0.1) is 4.70 Å². The first-order valence-corrected chi connectivity index (χ1v) is 8.75. The molecule has 1 aromatic heterocycles. The van der Waals surface area contributed by atoms with Crippen molar-refractivity contribution in [3.63, 3.8) is 0 Å². The first-order valence-electron chi connectivity index (χ1n) is 7.98. The Morgan fingerprint density at radius 1 is 1.25 bits per heavy atom. The molecule has 0 aliphatic rings. The Hall–Kier alpha value is -2.40. The number of phenols is 1. The van der Waals surface area contributed by atoms with Crippen LogP contribution >= 0.6 is 11.5 Å². The Morgan fingerprint density at radius 2 is 2.00 bits per heavy atom. The Labute approximate surface area is 145 Å². The van der Waals surface area contributed by atoms with E-state index in [1.165, 1.54) is 11.5 Å². The summed E-state index contributed by atoms with van der Waals surface area (Å²) in [6.45, 7) is 4.01. The van der Waals surface area contributed by atoms with Crippen molar-refractivity contribution < 1.29 is 9.90 Å². The van der Waals surface area contributed by atoms with E-state index in [0.717, 1.165) is 34.1 Å². The highest BCUT2D eigenvalue weighted by Crippen LogP contribution is 2.24. The molecule has 0 saturated carbocycles. The molecule has 0 spiro atoms. The van der Waals surface area contributed by atoms with Crippen LogP contribution in [0.15, 0.2) is 42.5 Å². The number of nitrogens with zero attached hydrogens (tertiary/aromatic N) is 1. The zero-order valence-electron chi connectivity index (χ0n) is 13.7. The second-order valence-corrected chi connectivity index (χ2v) is 6.92. The number of hydrogen-bond donors (Lipinski definition) is 2. The minimum absolute atomic E-state index is 0.0489. The molecule has 2 aromatic carbocycles. The zero-order chi connectivity index (χ0) is 17.1. The molecule has 3 rings (SSSR count). The summed E-state index contributed by atoms with van der Waals surface area (Å²) in [5.74, 6) is 0.149. The maximum atomic E-state index is 12.5.